The van der Waals surface area contributed by atoms with Crippen LogP contribution >= 0.6 is 0 Å². The van der Waals surface area contributed by atoms with Crippen LogP contribution in [0, 0.1) is 5.92 Å². The zero-order chi connectivity index (χ0) is 9.98. The molecule has 0 N–H and O–H groups in total. The highest BCUT2D eigenvalue weighted by molar-refractivity contribution is 5.18. The monoisotopic (exact) mass is 166 g/mol. The van der Waals surface area contributed by atoms with Crippen molar-refractivity contribution in [2.45, 2.75) is 34.1 Å². The van der Waals surface area contributed by atoms with Crippen molar-refractivity contribution in [3.63, 3.8) is 0 Å². The van der Waals surface area contributed by atoms with E-state index in [0.717, 1.165) is 6.42 Å². The van der Waals surface area contributed by atoms with E-state index in [1.807, 2.05) is 26.0 Å². The minimum atomic E-state index is 0.696. The molecule has 0 aromatic carbocycles. The van der Waals surface area contributed by atoms with Crippen molar-refractivity contribution in [3.05, 3.63) is 37.0 Å². The molecular formula is C12H22. The largest absolute Gasteiger partial charge is 0.0991 e. The van der Waals surface area contributed by atoms with E-state index in [-0.39, 0.29) is 0 Å². The summed E-state index contributed by atoms with van der Waals surface area (Å²) in [6.07, 6.45) is 6.77. The highest BCUT2D eigenvalue weighted by Gasteiger charge is 1.92. The van der Waals surface area contributed by atoms with Gasteiger partial charge in [0.05, 0.1) is 0 Å². The summed E-state index contributed by atoms with van der Waals surface area (Å²) in [6, 6.07) is 0. The van der Waals surface area contributed by atoms with Crippen LogP contribution in [0.1, 0.15) is 34.1 Å². The van der Waals surface area contributed by atoms with Crippen LogP contribution in [-0.2, 0) is 0 Å². The predicted molar refractivity (Wildman–Crippen MR) is 59.3 cm³/mol. The normalized spacial score (nSPS) is 9.42. The molecule has 0 radical (unpaired) electrons. The second-order valence-electron chi connectivity index (χ2n) is 2.85. The third-order valence-electron chi connectivity index (χ3n) is 1.14. The first-order chi connectivity index (χ1) is 5.66. The number of allylic oxidation sites excluding steroid dienone is 4. The minimum absolute atomic E-state index is 0.696. The fourth-order valence-electron chi connectivity index (χ4n) is 0.797. The van der Waals surface area contributed by atoms with Gasteiger partial charge in [-0.2, -0.15) is 0 Å². The molecular weight excluding hydrogens is 144 g/mol. The van der Waals surface area contributed by atoms with Crippen LogP contribution in [0.3, 0.4) is 0 Å². The predicted octanol–water partition coefficient (Wildman–Crippen LogP) is 4.36. The maximum Gasteiger partial charge on any atom is -0.0262 e. The molecule has 12 heavy (non-hydrogen) atoms. The van der Waals surface area contributed by atoms with Gasteiger partial charge in [0, 0.05) is 0 Å². The van der Waals surface area contributed by atoms with Gasteiger partial charge in [-0.3, -0.25) is 0 Å². The quantitative estimate of drug-likeness (QED) is 0.544. The Kier molecular flexibility index (Phi) is 11.7. The van der Waals surface area contributed by atoms with Crippen LogP contribution in [0.2, 0.25) is 0 Å². The van der Waals surface area contributed by atoms with Gasteiger partial charge in [-0.15, -0.1) is 0 Å². The van der Waals surface area contributed by atoms with Crippen molar-refractivity contribution in [2.24, 2.45) is 5.92 Å². The smallest absolute Gasteiger partial charge is 0.0262 e. The lowest BCUT2D eigenvalue weighted by Crippen LogP contribution is -1.86. The molecule has 0 bridgehead atoms. The van der Waals surface area contributed by atoms with Gasteiger partial charge < -0.3 is 0 Å². The molecule has 0 saturated carbocycles. The summed E-state index contributed by atoms with van der Waals surface area (Å²) in [7, 11) is 0. The van der Waals surface area contributed by atoms with Gasteiger partial charge in [0.25, 0.3) is 0 Å². The number of hydrogen-bond acceptors (Lipinski definition) is 0. The van der Waals surface area contributed by atoms with Crippen LogP contribution in [0.5, 0.6) is 0 Å². The highest BCUT2D eigenvalue weighted by atomic mass is 14.0. The summed E-state index contributed by atoms with van der Waals surface area (Å²) in [5.41, 5.74) is 1.18. The Bertz CT molecular complexity index is 138. The summed E-state index contributed by atoms with van der Waals surface area (Å²) in [4.78, 5) is 0. The maximum absolute atomic E-state index is 3.90. The Morgan fingerprint density at radius 1 is 1.33 bits per heavy atom. The van der Waals surface area contributed by atoms with Gasteiger partial charge in [0.15, 0.2) is 0 Å². The molecule has 0 rings (SSSR count). The second-order valence-corrected chi connectivity index (χ2v) is 2.85. The highest BCUT2D eigenvalue weighted by Crippen LogP contribution is 2.08. The van der Waals surface area contributed by atoms with E-state index in [2.05, 4.69) is 27.0 Å². The Morgan fingerprint density at radius 3 is 2.17 bits per heavy atom. The van der Waals surface area contributed by atoms with Gasteiger partial charge in [0.2, 0.25) is 0 Å². The lowest BCUT2D eigenvalue weighted by Gasteiger charge is -2.01. The molecule has 0 fully saturated rings. The fraction of sp³-hybridized carbons (Fsp3) is 0.500. The Labute approximate surface area is 77.7 Å². The van der Waals surface area contributed by atoms with Crippen molar-refractivity contribution in [2.75, 3.05) is 0 Å². The first kappa shape index (κ1) is 13.8. The average molecular weight is 166 g/mol. The molecule has 0 nitrogen and oxygen atoms in total. The molecule has 0 aromatic heterocycles. The van der Waals surface area contributed by atoms with Crippen LogP contribution in [0.4, 0.5) is 0 Å². The Balaban J connectivity index is 0. The molecule has 0 saturated heterocycles. The molecule has 70 valence electrons. The molecule has 0 aliphatic rings. The van der Waals surface area contributed by atoms with Crippen LogP contribution in [0.15, 0.2) is 37.0 Å². The molecule has 0 heterocycles. The summed E-state index contributed by atoms with van der Waals surface area (Å²) in [6.45, 7) is 15.9. The summed E-state index contributed by atoms with van der Waals surface area (Å²) in [5, 5.41) is 0. The number of hydrogen-bond donors (Lipinski definition) is 0. The van der Waals surface area contributed by atoms with Crippen molar-refractivity contribution in [1.29, 1.82) is 0 Å². The van der Waals surface area contributed by atoms with E-state index >= 15 is 0 Å². The maximum atomic E-state index is 3.90. The van der Waals surface area contributed by atoms with Crippen molar-refractivity contribution >= 4 is 0 Å². The standard InChI is InChI=1S/C10H16.C2H6/c1-5-6-7-10(4)8-9(2)3;1-2/h5-7,9H,1,4,8H2,2-3H3;1-2H3/b7-6-;. The Hall–Kier alpha value is -0.780. The molecule has 0 atom stereocenters. The van der Waals surface area contributed by atoms with Gasteiger partial charge in [-0.05, 0) is 12.3 Å². The Morgan fingerprint density at radius 2 is 1.83 bits per heavy atom. The lowest BCUT2D eigenvalue weighted by molar-refractivity contribution is 0.651. The zero-order valence-corrected chi connectivity index (χ0v) is 8.93. The van der Waals surface area contributed by atoms with Crippen LogP contribution in [0.25, 0.3) is 0 Å². The number of rotatable bonds is 4. The zero-order valence-electron chi connectivity index (χ0n) is 8.93. The topological polar surface area (TPSA) is 0 Å². The summed E-state index contributed by atoms with van der Waals surface area (Å²) in [5.74, 6) is 0.696. The molecule has 0 aliphatic heterocycles. The summed E-state index contributed by atoms with van der Waals surface area (Å²) >= 11 is 0. The van der Waals surface area contributed by atoms with Gasteiger partial charge in [-0.25, -0.2) is 0 Å². The molecule has 0 heteroatoms. The molecule has 0 aromatic rings. The van der Waals surface area contributed by atoms with Crippen LogP contribution < -0.4 is 0 Å². The first-order valence-corrected chi connectivity index (χ1v) is 4.63. The van der Waals surface area contributed by atoms with E-state index in [4.69, 9.17) is 0 Å². The average Bonchev–Trinajstić information content (AvgIpc) is 2.03. The van der Waals surface area contributed by atoms with E-state index in [0.29, 0.717) is 5.92 Å². The lowest BCUT2D eigenvalue weighted by atomic mass is 10.0. The van der Waals surface area contributed by atoms with Crippen molar-refractivity contribution in [1.82, 2.24) is 0 Å². The van der Waals surface area contributed by atoms with E-state index in [1.165, 1.54) is 5.57 Å². The van der Waals surface area contributed by atoms with Crippen molar-refractivity contribution < 1.29 is 0 Å². The van der Waals surface area contributed by atoms with E-state index < -0.39 is 0 Å². The minimum Gasteiger partial charge on any atom is -0.0991 e. The first-order valence-electron chi connectivity index (χ1n) is 4.63. The molecule has 0 aliphatic carbocycles. The molecule has 0 unspecified atom stereocenters. The van der Waals surface area contributed by atoms with Crippen LogP contribution in [-0.4, -0.2) is 0 Å². The van der Waals surface area contributed by atoms with E-state index in [1.54, 1.807) is 6.08 Å². The SMILES string of the molecule is C=C/C=C\C(=C)CC(C)C.CC. The third kappa shape index (κ3) is 12.0. The van der Waals surface area contributed by atoms with Gasteiger partial charge in [-0.1, -0.05) is 64.7 Å². The molecule has 0 spiro atoms. The summed E-state index contributed by atoms with van der Waals surface area (Å²) < 4.78 is 0. The van der Waals surface area contributed by atoms with Crippen molar-refractivity contribution in [3.8, 4) is 0 Å². The van der Waals surface area contributed by atoms with Gasteiger partial charge in [0.1, 0.15) is 0 Å². The van der Waals surface area contributed by atoms with Gasteiger partial charge >= 0.3 is 0 Å². The van der Waals surface area contributed by atoms with E-state index in [9.17, 15) is 0 Å². The second kappa shape index (κ2) is 10.2. The fourth-order valence-corrected chi connectivity index (χ4v) is 0.797. The third-order valence-corrected chi connectivity index (χ3v) is 1.14. The molecule has 0 amide bonds.